The van der Waals surface area contributed by atoms with Gasteiger partial charge < -0.3 is 9.64 Å². The highest BCUT2D eigenvalue weighted by Crippen LogP contribution is 2.11. The van der Waals surface area contributed by atoms with E-state index in [0.717, 1.165) is 44.8 Å². The van der Waals surface area contributed by atoms with Crippen molar-refractivity contribution in [2.45, 2.75) is 19.9 Å². The minimum absolute atomic E-state index is 0.109. The Morgan fingerprint density at radius 3 is 2.69 bits per heavy atom. The smallest absolute Gasteiger partial charge is 0.244 e. The first kappa shape index (κ1) is 18.4. The van der Waals surface area contributed by atoms with E-state index in [1.54, 1.807) is 16.8 Å². The molecule has 2 heterocycles. The van der Waals surface area contributed by atoms with Crippen molar-refractivity contribution < 1.29 is 13.9 Å². The maximum absolute atomic E-state index is 12.9. The summed E-state index contributed by atoms with van der Waals surface area (Å²) in [5, 5.41) is 4.28. The molecule has 3 rings (SSSR count). The molecule has 1 saturated heterocycles. The molecule has 7 heteroatoms. The average molecular weight is 360 g/mol. The van der Waals surface area contributed by atoms with E-state index in [2.05, 4.69) is 10.00 Å². The average Bonchev–Trinajstić information content (AvgIpc) is 2.89. The topological polar surface area (TPSA) is 50.6 Å². The number of hydrogen-bond acceptors (Lipinski definition) is 4. The molecule has 0 atom stereocenters. The third-order valence-electron chi connectivity index (χ3n) is 4.50. The van der Waals surface area contributed by atoms with Crippen molar-refractivity contribution in [2.75, 3.05) is 39.3 Å². The van der Waals surface area contributed by atoms with Crippen molar-refractivity contribution in [3.63, 3.8) is 0 Å². The maximum Gasteiger partial charge on any atom is 0.244 e. The number of carbonyl (C=O) groups excluding carboxylic acids is 1. The molecule has 2 aromatic rings. The van der Waals surface area contributed by atoms with Crippen LogP contribution in [-0.2, 0) is 11.3 Å². The van der Waals surface area contributed by atoms with Crippen LogP contribution < -0.4 is 4.74 Å². The van der Waals surface area contributed by atoms with Crippen LogP contribution in [0.5, 0.6) is 5.75 Å². The van der Waals surface area contributed by atoms with Gasteiger partial charge in [-0.2, -0.15) is 5.10 Å². The fraction of sp³-hybridized carbons (Fsp3) is 0.474. The molecule has 1 amide bonds. The molecule has 140 valence electrons. The summed E-state index contributed by atoms with van der Waals surface area (Å²) in [7, 11) is 0. The third-order valence-corrected chi connectivity index (χ3v) is 4.50. The van der Waals surface area contributed by atoms with Crippen molar-refractivity contribution >= 4 is 5.91 Å². The Morgan fingerprint density at radius 1 is 1.15 bits per heavy atom. The quantitative estimate of drug-likeness (QED) is 0.790. The van der Waals surface area contributed by atoms with Gasteiger partial charge in [0.1, 0.15) is 24.7 Å². The van der Waals surface area contributed by atoms with Crippen molar-refractivity contribution in [3.8, 4) is 5.75 Å². The number of ether oxygens (including phenoxy) is 1. The summed E-state index contributed by atoms with van der Waals surface area (Å²) in [4.78, 5) is 16.7. The molecule has 1 aliphatic rings. The van der Waals surface area contributed by atoms with Crippen LogP contribution in [0.15, 0.2) is 36.5 Å². The van der Waals surface area contributed by atoms with Crippen LogP contribution in [0.2, 0.25) is 0 Å². The Balaban J connectivity index is 1.41. The lowest BCUT2D eigenvalue weighted by Gasteiger charge is -2.22. The Bertz CT molecular complexity index is 717. The standard InChI is InChI=1S/C19H25FN4O2/c1-16-7-10-24(21-16)15-19(25)23-9-2-8-22(11-12-23)13-14-26-18-5-3-17(20)4-6-18/h3-7,10H,2,8-9,11-15H2,1H3. The molecule has 0 N–H and O–H groups in total. The lowest BCUT2D eigenvalue weighted by atomic mass is 10.3. The minimum atomic E-state index is -0.264. The molecule has 1 aliphatic heterocycles. The SMILES string of the molecule is Cc1ccn(CC(=O)N2CCCN(CCOc3ccc(F)cc3)CC2)n1. The number of amides is 1. The second kappa shape index (κ2) is 8.80. The van der Waals surface area contributed by atoms with E-state index >= 15 is 0 Å². The molecule has 1 aromatic heterocycles. The highest BCUT2D eigenvalue weighted by Gasteiger charge is 2.19. The highest BCUT2D eigenvalue weighted by molar-refractivity contribution is 5.75. The fourth-order valence-corrected chi connectivity index (χ4v) is 3.06. The number of carbonyl (C=O) groups is 1. The highest BCUT2D eigenvalue weighted by atomic mass is 19.1. The number of rotatable bonds is 6. The van der Waals surface area contributed by atoms with Gasteiger partial charge in [-0.3, -0.25) is 14.4 Å². The molecule has 0 bridgehead atoms. The predicted octanol–water partition coefficient (Wildman–Crippen LogP) is 1.94. The minimum Gasteiger partial charge on any atom is -0.492 e. The second-order valence-corrected chi connectivity index (χ2v) is 6.53. The number of benzene rings is 1. The Labute approximate surface area is 153 Å². The zero-order valence-electron chi connectivity index (χ0n) is 15.1. The lowest BCUT2D eigenvalue weighted by Crippen LogP contribution is -2.38. The van der Waals surface area contributed by atoms with Gasteiger partial charge >= 0.3 is 0 Å². The van der Waals surface area contributed by atoms with E-state index in [-0.39, 0.29) is 11.7 Å². The lowest BCUT2D eigenvalue weighted by molar-refractivity contribution is -0.131. The molecule has 6 nitrogen and oxygen atoms in total. The maximum atomic E-state index is 12.9. The van der Waals surface area contributed by atoms with Crippen molar-refractivity contribution in [1.29, 1.82) is 0 Å². The normalized spacial score (nSPS) is 15.7. The van der Waals surface area contributed by atoms with Gasteiger partial charge in [0.2, 0.25) is 5.91 Å². The summed E-state index contributed by atoms with van der Waals surface area (Å²) in [5.41, 5.74) is 0.918. The first-order valence-electron chi connectivity index (χ1n) is 8.99. The molecule has 0 unspecified atom stereocenters. The summed E-state index contributed by atoms with van der Waals surface area (Å²) >= 11 is 0. The predicted molar refractivity (Wildman–Crippen MR) is 96.5 cm³/mol. The van der Waals surface area contributed by atoms with E-state index in [9.17, 15) is 9.18 Å². The largest absolute Gasteiger partial charge is 0.492 e. The van der Waals surface area contributed by atoms with Gasteiger partial charge in [-0.25, -0.2) is 4.39 Å². The summed E-state index contributed by atoms with van der Waals surface area (Å²) in [6.07, 6.45) is 2.78. The molecule has 0 saturated carbocycles. The van der Waals surface area contributed by atoms with Crippen LogP contribution in [0, 0.1) is 12.7 Å². The van der Waals surface area contributed by atoms with E-state index in [4.69, 9.17) is 4.74 Å². The summed E-state index contributed by atoms with van der Waals surface area (Å²) in [5.74, 6) is 0.518. The zero-order valence-corrected chi connectivity index (χ0v) is 15.1. The molecule has 0 spiro atoms. The van der Waals surface area contributed by atoms with Crippen molar-refractivity contribution in [2.24, 2.45) is 0 Å². The monoisotopic (exact) mass is 360 g/mol. The van der Waals surface area contributed by atoms with Crippen LogP contribution in [0.3, 0.4) is 0 Å². The third kappa shape index (κ3) is 5.29. The molecule has 0 radical (unpaired) electrons. The Kier molecular flexibility index (Phi) is 6.22. The molecule has 1 aromatic carbocycles. The van der Waals surface area contributed by atoms with Crippen LogP contribution >= 0.6 is 0 Å². The van der Waals surface area contributed by atoms with E-state index in [1.165, 1.54) is 12.1 Å². The van der Waals surface area contributed by atoms with Crippen LogP contribution in [0.4, 0.5) is 4.39 Å². The number of hydrogen-bond donors (Lipinski definition) is 0. The second-order valence-electron chi connectivity index (χ2n) is 6.53. The van der Waals surface area contributed by atoms with Gasteiger partial charge in [0.05, 0.1) is 5.69 Å². The molecule has 1 fully saturated rings. The van der Waals surface area contributed by atoms with Gasteiger partial charge in [0.15, 0.2) is 0 Å². The van der Waals surface area contributed by atoms with Crippen molar-refractivity contribution in [3.05, 3.63) is 48.0 Å². The number of nitrogens with zero attached hydrogens (tertiary/aromatic N) is 4. The first-order valence-corrected chi connectivity index (χ1v) is 8.99. The Morgan fingerprint density at radius 2 is 1.96 bits per heavy atom. The van der Waals surface area contributed by atoms with E-state index in [1.807, 2.05) is 24.1 Å². The Hall–Kier alpha value is -2.41. The summed E-state index contributed by atoms with van der Waals surface area (Å²) in [6.45, 7) is 6.81. The summed E-state index contributed by atoms with van der Waals surface area (Å²) in [6, 6.07) is 7.96. The fourth-order valence-electron chi connectivity index (χ4n) is 3.06. The van der Waals surface area contributed by atoms with Gasteiger partial charge in [0, 0.05) is 38.9 Å². The molecular formula is C19H25FN4O2. The molecular weight excluding hydrogens is 335 g/mol. The van der Waals surface area contributed by atoms with Crippen LogP contribution in [0.25, 0.3) is 0 Å². The van der Waals surface area contributed by atoms with Crippen LogP contribution in [0.1, 0.15) is 12.1 Å². The molecule has 26 heavy (non-hydrogen) atoms. The number of halogens is 1. The molecule has 0 aliphatic carbocycles. The van der Waals surface area contributed by atoms with E-state index < -0.39 is 0 Å². The zero-order chi connectivity index (χ0) is 18.4. The van der Waals surface area contributed by atoms with Gasteiger partial charge in [-0.1, -0.05) is 0 Å². The number of aromatic nitrogens is 2. The van der Waals surface area contributed by atoms with Gasteiger partial charge in [-0.15, -0.1) is 0 Å². The van der Waals surface area contributed by atoms with Crippen molar-refractivity contribution in [1.82, 2.24) is 19.6 Å². The summed E-state index contributed by atoms with van der Waals surface area (Å²) < 4.78 is 20.2. The van der Waals surface area contributed by atoms with E-state index in [0.29, 0.717) is 18.9 Å². The van der Waals surface area contributed by atoms with Gasteiger partial charge in [-0.05, 0) is 43.7 Å². The van der Waals surface area contributed by atoms with Gasteiger partial charge in [0.25, 0.3) is 0 Å². The van der Waals surface area contributed by atoms with Crippen LogP contribution in [-0.4, -0.2) is 64.8 Å². The first-order chi connectivity index (χ1) is 12.6. The number of aryl methyl sites for hydroxylation is 1.